The van der Waals surface area contributed by atoms with Crippen molar-refractivity contribution in [3.63, 3.8) is 0 Å². The van der Waals surface area contributed by atoms with Gasteiger partial charge in [-0.05, 0) is 56.6 Å². The Morgan fingerprint density at radius 3 is 1.61 bits per heavy atom. The number of hydrogen-bond donors (Lipinski definition) is 0. The molecule has 0 spiro atoms. The molecule has 51 heavy (non-hydrogen) atoms. The Morgan fingerprint density at radius 2 is 0.863 bits per heavy atom. The second-order valence-electron chi connectivity index (χ2n) is 12.8. The molecule has 0 fully saturated rings. The topological polar surface area (TPSA) is 51.8 Å². The van der Waals surface area contributed by atoms with Crippen molar-refractivity contribution in [2.45, 2.75) is 0 Å². The second kappa shape index (κ2) is 11.9. The van der Waals surface area contributed by atoms with Crippen molar-refractivity contribution >= 4 is 43.5 Å². The highest BCUT2D eigenvalue weighted by Crippen LogP contribution is 2.44. The van der Waals surface area contributed by atoms with Crippen molar-refractivity contribution in [1.82, 2.24) is 15.0 Å². The minimum Gasteiger partial charge on any atom is -0.455 e. The number of fused-ring (bicyclic) bond motifs is 6. The molecule has 0 saturated heterocycles. The van der Waals surface area contributed by atoms with Crippen molar-refractivity contribution in [3.8, 4) is 56.4 Å². The van der Waals surface area contributed by atoms with Gasteiger partial charge in [0.2, 0.25) is 0 Å². The number of nitrogens with zero attached hydrogens (tertiary/aromatic N) is 3. The molecule has 0 aliphatic carbocycles. The zero-order chi connectivity index (χ0) is 33.7. The van der Waals surface area contributed by atoms with E-state index in [0.717, 1.165) is 66.1 Å². The van der Waals surface area contributed by atoms with E-state index >= 15 is 0 Å². The summed E-state index contributed by atoms with van der Waals surface area (Å²) >= 11 is 0. The largest absolute Gasteiger partial charge is 0.455 e. The lowest BCUT2D eigenvalue weighted by atomic mass is 9.91. The highest BCUT2D eigenvalue weighted by atomic mass is 16.3. The summed E-state index contributed by atoms with van der Waals surface area (Å²) in [4.78, 5) is 14.9. The third-order valence-electron chi connectivity index (χ3n) is 9.71. The molecule has 0 radical (unpaired) electrons. The maximum atomic E-state index is 6.71. The van der Waals surface area contributed by atoms with Crippen LogP contribution in [0.5, 0.6) is 0 Å². The van der Waals surface area contributed by atoms with Gasteiger partial charge in [-0.1, -0.05) is 158 Å². The second-order valence-corrected chi connectivity index (χ2v) is 12.8. The van der Waals surface area contributed by atoms with Crippen LogP contribution in [0.2, 0.25) is 0 Å². The van der Waals surface area contributed by atoms with Gasteiger partial charge in [-0.25, -0.2) is 15.0 Å². The summed E-state index contributed by atoms with van der Waals surface area (Å²) in [5.41, 5.74) is 9.12. The molecule has 0 bridgehead atoms. The highest BCUT2D eigenvalue weighted by molar-refractivity contribution is 6.23. The molecule has 4 nitrogen and oxygen atoms in total. The first-order valence-electron chi connectivity index (χ1n) is 17.1. The quantitative estimate of drug-likeness (QED) is 0.186. The fraction of sp³-hybridized carbons (Fsp3) is 0. The summed E-state index contributed by atoms with van der Waals surface area (Å²) in [6.07, 6.45) is 0. The van der Waals surface area contributed by atoms with Crippen molar-refractivity contribution in [3.05, 3.63) is 176 Å². The molecule has 10 rings (SSSR count). The molecule has 0 saturated carbocycles. The minimum atomic E-state index is 0.627. The molecule has 238 valence electrons. The Hall–Kier alpha value is -6.91. The number of benzene rings is 8. The van der Waals surface area contributed by atoms with Gasteiger partial charge in [0.1, 0.15) is 11.2 Å². The third-order valence-corrected chi connectivity index (χ3v) is 9.71. The van der Waals surface area contributed by atoms with Crippen LogP contribution in [0.3, 0.4) is 0 Å². The Kier molecular flexibility index (Phi) is 6.78. The third kappa shape index (κ3) is 4.96. The molecule has 4 heteroatoms. The fourth-order valence-corrected chi connectivity index (χ4v) is 7.34. The molecule has 0 aliphatic rings. The molecule has 0 aliphatic heterocycles. The average Bonchev–Trinajstić information content (AvgIpc) is 3.60. The normalized spacial score (nSPS) is 11.5. The standard InChI is InChI=1S/C47H29N3O/c1-3-15-31(16-4-1)45-48-46(32-17-5-2-6-18-32)50-47(49-45)34-21-11-20-33(28-34)40-29-41-43-38(36-25-12-19-30-14-7-8-22-35(30)36)26-13-27-42(43)51-44(41)39-24-10-9-23-37(39)40/h1-29H. The molecule has 0 unspecified atom stereocenters. The van der Waals surface area contributed by atoms with E-state index in [1.165, 1.54) is 16.3 Å². The van der Waals surface area contributed by atoms with Crippen molar-refractivity contribution in [2.24, 2.45) is 0 Å². The van der Waals surface area contributed by atoms with Crippen LogP contribution < -0.4 is 0 Å². The molecule has 0 amide bonds. The van der Waals surface area contributed by atoms with Crippen LogP contribution in [0.1, 0.15) is 0 Å². The predicted molar refractivity (Wildman–Crippen MR) is 209 cm³/mol. The number of furan rings is 1. The molecule has 0 atom stereocenters. The maximum Gasteiger partial charge on any atom is 0.164 e. The minimum absolute atomic E-state index is 0.627. The molecule has 2 heterocycles. The van der Waals surface area contributed by atoms with Gasteiger partial charge in [0, 0.05) is 32.8 Å². The first-order valence-corrected chi connectivity index (χ1v) is 17.1. The van der Waals surface area contributed by atoms with Crippen LogP contribution >= 0.6 is 0 Å². The predicted octanol–water partition coefficient (Wildman–Crippen LogP) is 12.4. The van der Waals surface area contributed by atoms with E-state index in [0.29, 0.717) is 17.5 Å². The van der Waals surface area contributed by atoms with Gasteiger partial charge in [-0.2, -0.15) is 0 Å². The van der Waals surface area contributed by atoms with E-state index in [4.69, 9.17) is 19.4 Å². The van der Waals surface area contributed by atoms with Gasteiger partial charge < -0.3 is 4.42 Å². The zero-order valence-electron chi connectivity index (χ0n) is 27.5. The molecule has 0 N–H and O–H groups in total. The number of aromatic nitrogens is 3. The average molecular weight is 652 g/mol. The Labute approximate surface area is 294 Å². The van der Waals surface area contributed by atoms with Gasteiger partial charge in [0.05, 0.1) is 0 Å². The molecular formula is C47H29N3O. The SMILES string of the molecule is c1ccc(-c2nc(-c3ccccc3)nc(-c3cccc(-c4cc5c(oc6cccc(-c7cccc8ccccc78)c65)c5ccccc45)c3)n2)cc1. The first kappa shape index (κ1) is 29.0. The molecule has 10 aromatic rings. The van der Waals surface area contributed by atoms with Gasteiger partial charge in [0.25, 0.3) is 0 Å². The highest BCUT2D eigenvalue weighted by Gasteiger charge is 2.19. The van der Waals surface area contributed by atoms with E-state index in [1.807, 2.05) is 60.7 Å². The molecule has 2 aromatic heterocycles. The maximum absolute atomic E-state index is 6.71. The number of rotatable bonds is 5. The summed E-state index contributed by atoms with van der Waals surface area (Å²) < 4.78 is 6.71. The molecular weight excluding hydrogens is 623 g/mol. The summed E-state index contributed by atoms with van der Waals surface area (Å²) in [5.74, 6) is 1.91. The van der Waals surface area contributed by atoms with Gasteiger partial charge >= 0.3 is 0 Å². The van der Waals surface area contributed by atoms with Crippen LogP contribution in [0, 0.1) is 0 Å². The fourth-order valence-electron chi connectivity index (χ4n) is 7.34. The lowest BCUT2D eigenvalue weighted by molar-refractivity contribution is 0.673. The van der Waals surface area contributed by atoms with Crippen LogP contribution in [-0.4, -0.2) is 15.0 Å². The van der Waals surface area contributed by atoms with Crippen LogP contribution in [-0.2, 0) is 0 Å². The lowest BCUT2D eigenvalue weighted by Crippen LogP contribution is -2.00. The van der Waals surface area contributed by atoms with E-state index in [2.05, 4.69) is 115 Å². The van der Waals surface area contributed by atoms with E-state index < -0.39 is 0 Å². The van der Waals surface area contributed by atoms with Gasteiger partial charge in [-0.15, -0.1) is 0 Å². The molecule has 8 aromatic carbocycles. The summed E-state index contributed by atoms with van der Waals surface area (Å²) in [7, 11) is 0. The summed E-state index contributed by atoms with van der Waals surface area (Å²) in [6, 6.07) is 61.0. The summed E-state index contributed by atoms with van der Waals surface area (Å²) in [6.45, 7) is 0. The van der Waals surface area contributed by atoms with Crippen molar-refractivity contribution < 1.29 is 4.42 Å². The first-order chi connectivity index (χ1) is 25.3. The monoisotopic (exact) mass is 651 g/mol. The van der Waals surface area contributed by atoms with E-state index in [-0.39, 0.29) is 0 Å². The number of hydrogen-bond acceptors (Lipinski definition) is 4. The van der Waals surface area contributed by atoms with Crippen LogP contribution in [0.25, 0.3) is 99.9 Å². The lowest BCUT2D eigenvalue weighted by Gasteiger charge is -2.12. The zero-order valence-corrected chi connectivity index (χ0v) is 27.5. The van der Waals surface area contributed by atoms with Crippen LogP contribution in [0.15, 0.2) is 180 Å². The smallest absolute Gasteiger partial charge is 0.164 e. The van der Waals surface area contributed by atoms with E-state index in [9.17, 15) is 0 Å². The Morgan fingerprint density at radius 1 is 0.333 bits per heavy atom. The Balaban J connectivity index is 1.20. The van der Waals surface area contributed by atoms with Crippen molar-refractivity contribution in [1.29, 1.82) is 0 Å². The van der Waals surface area contributed by atoms with E-state index in [1.54, 1.807) is 0 Å². The Bertz CT molecular complexity index is 2850. The summed E-state index contributed by atoms with van der Waals surface area (Å²) in [5, 5.41) is 6.84. The van der Waals surface area contributed by atoms with Gasteiger partial charge in [0.15, 0.2) is 17.5 Å². The van der Waals surface area contributed by atoms with Crippen LogP contribution in [0.4, 0.5) is 0 Å². The van der Waals surface area contributed by atoms with Gasteiger partial charge in [-0.3, -0.25) is 0 Å². The van der Waals surface area contributed by atoms with Crippen molar-refractivity contribution in [2.75, 3.05) is 0 Å².